The first-order chi connectivity index (χ1) is 6.45. The second kappa shape index (κ2) is 2.19. The minimum Gasteiger partial charge on any atom is -0.262 e. The standard InChI is InChI=1S/C7H4N6/c1-2-8-3-5-6(1)13-7(12-11-5)9-4-10-13/h1-4H. The molecule has 6 heteroatoms. The van der Waals surface area contributed by atoms with Gasteiger partial charge in [-0.25, -0.2) is 0 Å². The van der Waals surface area contributed by atoms with Gasteiger partial charge in [0.05, 0.1) is 11.7 Å². The summed E-state index contributed by atoms with van der Waals surface area (Å²) in [4.78, 5) is 7.87. The predicted octanol–water partition coefficient (Wildman–Crippen LogP) is 0.0675. The van der Waals surface area contributed by atoms with E-state index in [4.69, 9.17) is 0 Å². The lowest BCUT2D eigenvalue weighted by Gasteiger charge is -1.95. The summed E-state index contributed by atoms with van der Waals surface area (Å²) in [6.45, 7) is 0. The van der Waals surface area contributed by atoms with Gasteiger partial charge in [0.2, 0.25) is 0 Å². The van der Waals surface area contributed by atoms with Crippen LogP contribution < -0.4 is 0 Å². The molecule has 0 bridgehead atoms. The van der Waals surface area contributed by atoms with Gasteiger partial charge in [0.1, 0.15) is 11.8 Å². The number of rotatable bonds is 0. The Hall–Kier alpha value is -2.11. The van der Waals surface area contributed by atoms with Gasteiger partial charge in [-0.15, -0.1) is 10.2 Å². The van der Waals surface area contributed by atoms with Crippen LogP contribution in [-0.4, -0.2) is 29.8 Å². The van der Waals surface area contributed by atoms with Crippen molar-refractivity contribution < 1.29 is 0 Å². The van der Waals surface area contributed by atoms with Crippen molar-refractivity contribution in [2.45, 2.75) is 0 Å². The molecular weight excluding hydrogens is 168 g/mol. The van der Waals surface area contributed by atoms with Crippen LogP contribution in [0.3, 0.4) is 0 Å². The Bertz CT molecular complexity index is 571. The third-order valence-electron chi connectivity index (χ3n) is 1.78. The summed E-state index contributed by atoms with van der Waals surface area (Å²) in [6.07, 6.45) is 4.78. The number of pyridine rings is 1. The molecule has 0 radical (unpaired) electrons. The van der Waals surface area contributed by atoms with Crippen LogP contribution in [0.5, 0.6) is 0 Å². The Morgan fingerprint density at radius 2 is 2.23 bits per heavy atom. The van der Waals surface area contributed by atoms with Crippen molar-refractivity contribution >= 4 is 16.8 Å². The van der Waals surface area contributed by atoms with Gasteiger partial charge in [-0.1, -0.05) is 0 Å². The molecule has 0 saturated heterocycles. The minimum absolute atomic E-state index is 0.499. The molecule has 3 aromatic heterocycles. The molecule has 0 fully saturated rings. The first-order valence-electron chi connectivity index (χ1n) is 3.71. The molecule has 0 spiro atoms. The molecule has 6 nitrogen and oxygen atoms in total. The largest absolute Gasteiger partial charge is 0.272 e. The highest BCUT2D eigenvalue weighted by Gasteiger charge is 2.02. The van der Waals surface area contributed by atoms with Crippen molar-refractivity contribution in [2.24, 2.45) is 0 Å². The summed E-state index contributed by atoms with van der Waals surface area (Å²) in [6, 6.07) is 1.83. The minimum atomic E-state index is 0.499. The first-order valence-corrected chi connectivity index (χ1v) is 3.71. The van der Waals surface area contributed by atoms with Gasteiger partial charge < -0.3 is 0 Å². The second-order valence-electron chi connectivity index (χ2n) is 2.54. The molecule has 3 aromatic rings. The SMILES string of the molecule is c1cc2c(cn1)nnc1ncnn12. The van der Waals surface area contributed by atoms with Crippen molar-refractivity contribution in [1.82, 2.24) is 29.8 Å². The van der Waals surface area contributed by atoms with Crippen LogP contribution in [0.4, 0.5) is 0 Å². The zero-order valence-corrected chi connectivity index (χ0v) is 6.49. The van der Waals surface area contributed by atoms with Gasteiger partial charge in [-0.3, -0.25) is 4.98 Å². The van der Waals surface area contributed by atoms with Crippen LogP contribution in [0.25, 0.3) is 16.8 Å². The molecule has 0 unspecified atom stereocenters. The van der Waals surface area contributed by atoms with E-state index in [1.54, 1.807) is 16.9 Å². The summed E-state index contributed by atoms with van der Waals surface area (Å²) in [5.41, 5.74) is 1.57. The van der Waals surface area contributed by atoms with Gasteiger partial charge >= 0.3 is 0 Å². The lowest BCUT2D eigenvalue weighted by atomic mass is 10.4. The summed E-state index contributed by atoms with van der Waals surface area (Å²) in [7, 11) is 0. The molecule has 0 amide bonds. The van der Waals surface area contributed by atoms with E-state index in [2.05, 4.69) is 25.3 Å². The average molecular weight is 172 g/mol. The molecule has 0 saturated carbocycles. The van der Waals surface area contributed by atoms with Crippen LogP contribution in [0.2, 0.25) is 0 Å². The first kappa shape index (κ1) is 6.41. The smallest absolute Gasteiger partial charge is 0.262 e. The maximum absolute atomic E-state index is 4.02. The number of hydrogen-bond acceptors (Lipinski definition) is 5. The molecule has 13 heavy (non-hydrogen) atoms. The Morgan fingerprint density at radius 3 is 3.23 bits per heavy atom. The van der Waals surface area contributed by atoms with E-state index in [1.165, 1.54) is 6.33 Å². The molecular formula is C7H4N6. The molecule has 0 N–H and O–H groups in total. The zero-order valence-electron chi connectivity index (χ0n) is 6.49. The summed E-state index contributed by atoms with van der Waals surface area (Å²) in [5.74, 6) is 0.499. The summed E-state index contributed by atoms with van der Waals surface area (Å²) >= 11 is 0. The Kier molecular flexibility index (Phi) is 1.08. The topological polar surface area (TPSA) is 68.9 Å². The third kappa shape index (κ3) is 0.792. The fraction of sp³-hybridized carbons (Fsp3) is 0. The number of nitrogens with zero attached hydrogens (tertiary/aromatic N) is 6. The normalized spacial score (nSPS) is 11.1. The van der Waals surface area contributed by atoms with Crippen LogP contribution in [0, 0.1) is 0 Å². The highest BCUT2D eigenvalue weighted by Crippen LogP contribution is 2.07. The van der Waals surface area contributed by atoms with Crippen molar-refractivity contribution in [3.63, 3.8) is 0 Å². The summed E-state index contributed by atoms with van der Waals surface area (Å²) < 4.78 is 1.63. The fourth-order valence-electron chi connectivity index (χ4n) is 1.21. The fourth-order valence-corrected chi connectivity index (χ4v) is 1.21. The quantitative estimate of drug-likeness (QED) is 0.480. The third-order valence-corrected chi connectivity index (χ3v) is 1.78. The second-order valence-corrected chi connectivity index (χ2v) is 2.54. The maximum Gasteiger partial charge on any atom is 0.272 e. The molecule has 3 heterocycles. The lowest BCUT2D eigenvalue weighted by Crippen LogP contribution is -1.96. The zero-order chi connectivity index (χ0) is 8.67. The van der Waals surface area contributed by atoms with Gasteiger partial charge in [0.15, 0.2) is 0 Å². The van der Waals surface area contributed by atoms with Crippen LogP contribution in [-0.2, 0) is 0 Å². The number of aromatic nitrogens is 6. The molecule has 0 aliphatic heterocycles. The van der Waals surface area contributed by atoms with E-state index < -0.39 is 0 Å². The molecule has 0 aliphatic rings. The van der Waals surface area contributed by atoms with E-state index in [0.29, 0.717) is 11.3 Å². The van der Waals surface area contributed by atoms with Gasteiger partial charge in [-0.05, 0) is 6.07 Å². The van der Waals surface area contributed by atoms with Crippen LogP contribution in [0.15, 0.2) is 24.8 Å². The molecule has 3 rings (SSSR count). The van der Waals surface area contributed by atoms with Crippen molar-refractivity contribution in [3.8, 4) is 0 Å². The Morgan fingerprint density at radius 1 is 1.23 bits per heavy atom. The van der Waals surface area contributed by atoms with Crippen molar-refractivity contribution in [1.29, 1.82) is 0 Å². The van der Waals surface area contributed by atoms with Crippen LogP contribution >= 0.6 is 0 Å². The van der Waals surface area contributed by atoms with E-state index in [9.17, 15) is 0 Å². The molecule has 0 aliphatic carbocycles. The lowest BCUT2D eigenvalue weighted by molar-refractivity contribution is 0.937. The van der Waals surface area contributed by atoms with E-state index >= 15 is 0 Å². The van der Waals surface area contributed by atoms with Crippen LogP contribution in [0.1, 0.15) is 0 Å². The van der Waals surface area contributed by atoms with Crippen molar-refractivity contribution in [2.75, 3.05) is 0 Å². The van der Waals surface area contributed by atoms with Crippen molar-refractivity contribution in [3.05, 3.63) is 24.8 Å². The average Bonchev–Trinajstić information content (AvgIpc) is 2.65. The summed E-state index contributed by atoms with van der Waals surface area (Å²) in [5, 5.41) is 11.8. The van der Waals surface area contributed by atoms with Gasteiger partial charge in [-0.2, -0.15) is 14.6 Å². The maximum atomic E-state index is 4.02. The predicted molar refractivity (Wildman–Crippen MR) is 43.9 cm³/mol. The monoisotopic (exact) mass is 172 g/mol. The Balaban J connectivity index is 2.65. The Labute approximate surface area is 72.3 Å². The molecule has 0 aromatic carbocycles. The van der Waals surface area contributed by atoms with E-state index in [1.807, 2.05) is 6.07 Å². The van der Waals surface area contributed by atoms with E-state index in [-0.39, 0.29) is 0 Å². The molecule has 0 atom stereocenters. The van der Waals surface area contributed by atoms with E-state index in [0.717, 1.165) is 5.52 Å². The number of fused-ring (bicyclic) bond motifs is 3. The molecule has 62 valence electrons. The highest BCUT2D eigenvalue weighted by molar-refractivity contribution is 5.73. The number of hydrogen-bond donors (Lipinski definition) is 0. The highest BCUT2D eigenvalue weighted by atomic mass is 15.4. The van der Waals surface area contributed by atoms with Gasteiger partial charge in [0, 0.05) is 6.20 Å². The van der Waals surface area contributed by atoms with Gasteiger partial charge in [0.25, 0.3) is 5.78 Å².